The van der Waals surface area contributed by atoms with Crippen LogP contribution in [0.4, 0.5) is 9.39 Å². The Hall–Kier alpha value is -3.44. The Morgan fingerprint density at radius 2 is 1.76 bits per heavy atom. The number of hydrazone groups is 1. The number of nitrogens with zero attached hydrogens (tertiary/aromatic N) is 2. The van der Waals surface area contributed by atoms with Crippen LogP contribution in [-0.4, -0.2) is 58.4 Å². The van der Waals surface area contributed by atoms with Gasteiger partial charge in [-0.25, -0.2) is 9.82 Å². The van der Waals surface area contributed by atoms with Gasteiger partial charge in [-0.05, 0) is 67.1 Å². The van der Waals surface area contributed by atoms with Crippen molar-refractivity contribution in [1.29, 1.82) is 0 Å². The average molecular weight is 527 g/mol. The molecule has 196 valence electrons. The number of carbonyl (C=O) groups excluding carboxylic acids is 2. The van der Waals surface area contributed by atoms with Crippen LogP contribution in [0.25, 0.3) is 0 Å². The first-order valence-corrected chi connectivity index (χ1v) is 12.7. The second kappa shape index (κ2) is 13.2. The minimum atomic E-state index is -0.558. The van der Waals surface area contributed by atoms with E-state index in [-0.39, 0.29) is 11.7 Å². The van der Waals surface area contributed by atoms with Crippen LogP contribution in [0.5, 0.6) is 0 Å². The lowest BCUT2D eigenvalue weighted by Crippen LogP contribution is -2.35. The quantitative estimate of drug-likeness (QED) is 0.224. The molecular weight excluding hydrogens is 495 g/mol. The average Bonchev–Trinajstić information content (AvgIpc) is 3.19. The zero-order valence-electron chi connectivity index (χ0n) is 20.9. The molecule has 8 nitrogen and oxygen atoms in total. The minimum Gasteiger partial charge on any atom is -0.392 e. The van der Waals surface area contributed by atoms with Crippen LogP contribution in [0.1, 0.15) is 51.3 Å². The Kier molecular flexibility index (Phi) is 10.0. The fourth-order valence-electron chi connectivity index (χ4n) is 3.78. The molecule has 3 aromatic rings. The molecular formula is C27H31FN4O4S. The highest BCUT2D eigenvalue weighted by molar-refractivity contribution is 7.15. The highest BCUT2D eigenvalue weighted by Gasteiger charge is 2.19. The predicted molar refractivity (Wildman–Crippen MR) is 144 cm³/mol. The number of halogens is 1. The van der Waals surface area contributed by atoms with Crippen LogP contribution in [0.2, 0.25) is 0 Å². The number of aryl methyl sites for hydroxylation is 1. The summed E-state index contributed by atoms with van der Waals surface area (Å²) in [5, 5.41) is 28.5. The van der Waals surface area contributed by atoms with Crippen LogP contribution in [0.3, 0.4) is 0 Å². The van der Waals surface area contributed by atoms with E-state index in [1.807, 2.05) is 11.0 Å². The molecule has 0 bridgehead atoms. The molecule has 0 aliphatic rings. The topological polar surface area (TPSA) is 114 Å². The second-order valence-electron chi connectivity index (χ2n) is 8.92. The lowest BCUT2D eigenvalue weighted by atomic mass is 10.1. The predicted octanol–water partition coefficient (Wildman–Crippen LogP) is 3.78. The van der Waals surface area contributed by atoms with Gasteiger partial charge in [-0.1, -0.05) is 24.3 Å². The van der Waals surface area contributed by atoms with Crippen molar-refractivity contribution < 1.29 is 24.2 Å². The molecule has 0 spiro atoms. The molecule has 10 heteroatoms. The van der Waals surface area contributed by atoms with Crippen molar-refractivity contribution in [3.05, 3.63) is 87.5 Å². The number of nitrogens with one attached hydrogen (secondary N) is 2. The molecule has 3 rings (SSSR count). The molecule has 2 atom stereocenters. The van der Waals surface area contributed by atoms with E-state index >= 15 is 0 Å². The molecule has 0 saturated heterocycles. The highest BCUT2D eigenvalue weighted by atomic mass is 32.1. The maximum Gasteiger partial charge on any atom is 0.274 e. The number of benzene rings is 2. The molecule has 0 aliphatic carbocycles. The van der Waals surface area contributed by atoms with Gasteiger partial charge in [0.1, 0.15) is 10.8 Å². The molecule has 37 heavy (non-hydrogen) atoms. The number of aliphatic hydroxyl groups excluding tert-OH is 2. The van der Waals surface area contributed by atoms with Gasteiger partial charge in [-0.3, -0.25) is 14.5 Å². The van der Waals surface area contributed by atoms with Crippen molar-refractivity contribution in [3.63, 3.8) is 0 Å². The fraction of sp³-hybridized carbons (Fsp3) is 0.296. The third-order valence-electron chi connectivity index (χ3n) is 5.32. The van der Waals surface area contributed by atoms with Crippen molar-refractivity contribution >= 4 is 34.4 Å². The second-order valence-corrected chi connectivity index (χ2v) is 9.80. The van der Waals surface area contributed by atoms with Gasteiger partial charge in [0.2, 0.25) is 0 Å². The zero-order chi connectivity index (χ0) is 26.9. The van der Waals surface area contributed by atoms with E-state index in [9.17, 15) is 24.2 Å². The van der Waals surface area contributed by atoms with Crippen molar-refractivity contribution in [2.75, 3.05) is 18.4 Å². The van der Waals surface area contributed by atoms with E-state index in [0.29, 0.717) is 46.9 Å². The van der Waals surface area contributed by atoms with Crippen molar-refractivity contribution in [3.8, 4) is 0 Å². The molecule has 0 radical (unpaired) electrons. The Balaban J connectivity index is 1.69. The Morgan fingerprint density at radius 1 is 1.08 bits per heavy atom. The summed E-state index contributed by atoms with van der Waals surface area (Å²) in [6, 6.07) is 12.7. The summed E-state index contributed by atoms with van der Waals surface area (Å²) in [5.74, 6) is -1.21. The van der Waals surface area contributed by atoms with E-state index in [0.717, 1.165) is 5.56 Å². The molecule has 1 aromatic heterocycles. The lowest BCUT2D eigenvalue weighted by Gasteiger charge is -2.25. The molecule has 2 aromatic carbocycles. The summed E-state index contributed by atoms with van der Waals surface area (Å²) in [5.41, 5.74) is 5.34. The summed E-state index contributed by atoms with van der Waals surface area (Å²) in [6.45, 7) is 6.36. The number of rotatable bonds is 11. The number of anilines is 1. The third-order valence-corrected chi connectivity index (χ3v) is 6.33. The van der Waals surface area contributed by atoms with E-state index in [1.165, 1.54) is 41.8 Å². The van der Waals surface area contributed by atoms with Gasteiger partial charge in [0.15, 0.2) is 0 Å². The first kappa shape index (κ1) is 28.1. The minimum absolute atomic E-state index is 0.311. The third kappa shape index (κ3) is 8.57. The smallest absolute Gasteiger partial charge is 0.274 e. The monoisotopic (exact) mass is 526 g/mol. The molecule has 0 fully saturated rings. The molecule has 0 saturated carbocycles. The Labute approximate surface area is 219 Å². The highest BCUT2D eigenvalue weighted by Crippen LogP contribution is 2.28. The lowest BCUT2D eigenvalue weighted by molar-refractivity contribution is 0.0793. The fourth-order valence-corrected chi connectivity index (χ4v) is 4.72. The number of hydrogen-bond acceptors (Lipinski definition) is 7. The van der Waals surface area contributed by atoms with Crippen molar-refractivity contribution in [2.45, 2.75) is 39.5 Å². The molecule has 0 aliphatic heterocycles. The summed E-state index contributed by atoms with van der Waals surface area (Å²) < 4.78 is 13.0. The van der Waals surface area contributed by atoms with Gasteiger partial charge in [0.25, 0.3) is 11.8 Å². The van der Waals surface area contributed by atoms with Crippen molar-refractivity contribution in [2.24, 2.45) is 5.10 Å². The van der Waals surface area contributed by atoms with Gasteiger partial charge >= 0.3 is 0 Å². The standard InChI is InChI=1S/C27H31FN4O4S/c1-17-16-37-27(24(17)26(36)31-29-12-20-7-9-23(28)10-8-20)30-25(35)22-6-4-5-21(11-22)15-32(13-18(2)33)14-19(3)34/h4-12,16,18-19,33-34H,13-15H2,1-3H3,(H,30,35)(H,31,36). The molecule has 4 N–H and O–H groups in total. The number of carbonyl (C=O) groups is 2. The number of amides is 2. The number of hydrogen-bond donors (Lipinski definition) is 4. The largest absolute Gasteiger partial charge is 0.392 e. The Bertz CT molecular complexity index is 1230. The summed E-state index contributed by atoms with van der Waals surface area (Å²) in [7, 11) is 0. The van der Waals surface area contributed by atoms with E-state index in [1.54, 1.807) is 44.4 Å². The van der Waals surface area contributed by atoms with Gasteiger partial charge < -0.3 is 15.5 Å². The maximum absolute atomic E-state index is 13.0. The molecule has 2 amide bonds. The number of thiophene rings is 1. The zero-order valence-corrected chi connectivity index (χ0v) is 21.8. The molecule has 2 unspecified atom stereocenters. The normalized spacial score (nSPS) is 13.1. The van der Waals surface area contributed by atoms with Gasteiger partial charge in [0, 0.05) is 25.2 Å². The van der Waals surface area contributed by atoms with Crippen molar-refractivity contribution in [1.82, 2.24) is 10.3 Å². The van der Waals surface area contributed by atoms with E-state index < -0.39 is 18.1 Å². The van der Waals surface area contributed by atoms with E-state index in [2.05, 4.69) is 15.8 Å². The van der Waals surface area contributed by atoms with Gasteiger partial charge in [-0.15, -0.1) is 11.3 Å². The first-order valence-electron chi connectivity index (χ1n) is 11.8. The van der Waals surface area contributed by atoms with Crippen LogP contribution in [0, 0.1) is 12.7 Å². The van der Waals surface area contributed by atoms with Gasteiger partial charge in [0.05, 0.1) is 24.0 Å². The van der Waals surface area contributed by atoms with Crippen LogP contribution in [0.15, 0.2) is 59.0 Å². The number of aliphatic hydroxyl groups is 2. The summed E-state index contributed by atoms with van der Waals surface area (Å²) >= 11 is 1.24. The van der Waals surface area contributed by atoms with Crippen LogP contribution in [-0.2, 0) is 6.54 Å². The van der Waals surface area contributed by atoms with Crippen LogP contribution < -0.4 is 10.7 Å². The first-order chi connectivity index (χ1) is 17.6. The van der Waals surface area contributed by atoms with Gasteiger partial charge in [-0.2, -0.15) is 5.10 Å². The Morgan fingerprint density at radius 3 is 2.41 bits per heavy atom. The SMILES string of the molecule is Cc1csc(NC(=O)c2cccc(CN(CC(C)O)CC(C)O)c2)c1C(=O)NN=Cc1ccc(F)cc1. The summed E-state index contributed by atoms with van der Waals surface area (Å²) in [6.07, 6.45) is 0.287. The maximum atomic E-state index is 13.0. The van der Waals surface area contributed by atoms with E-state index in [4.69, 9.17) is 0 Å². The summed E-state index contributed by atoms with van der Waals surface area (Å²) in [4.78, 5) is 27.7. The van der Waals surface area contributed by atoms with Crippen LogP contribution >= 0.6 is 11.3 Å². The molecule has 1 heterocycles.